The van der Waals surface area contributed by atoms with Gasteiger partial charge < -0.3 is 0 Å². The van der Waals surface area contributed by atoms with Crippen LogP contribution in [0.1, 0.15) is 31.7 Å². The van der Waals surface area contributed by atoms with Crippen molar-refractivity contribution >= 4 is 15.9 Å². The Morgan fingerprint density at radius 3 is 2.89 bits per heavy atom. The van der Waals surface area contributed by atoms with E-state index in [2.05, 4.69) is 59.1 Å². The van der Waals surface area contributed by atoms with Crippen molar-refractivity contribution in [3.05, 3.63) is 34.3 Å². The molecule has 0 heterocycles. The number of nitrogens with zero attached hydrogens (tertiary/aromatic N) is 2. The molecular formula is C16H21BrN2. The lowest BCUT2D eigenvalue weighted by atomic mass is 9.79. The summed E-state index contributed by atoms with van der Waals surface area (Å²) in [6.45, 7) is 3.21. The zero-order valence-corrected chi connectivity index (χ0v) is 13.2. The summed E-state index contributed by atoms with van der Waals surface area (Å²) in [6.07, 6.45) is 3.38. The van der Waals surface area contributed by atoms with Crippen molar-refractivity contribution in [2.24, 2.45) is 11.8 Å². The molecule has 1 aromatic carbocycles. The molecule has 19 heavy (non-hydrogen) atoms. The normalized spacial score (nSPS) is 27.2. The second-order valence-corrected chi connectivity index (χ2v) is 6.68. The summed E-state index contributed by atoms with van der Waals surface area (Å²) in [4.78, 5) is 2.35. The van der Waals surface area contributed by atoms with Crippen molar-refractivity contribution in [2.45, 2.75) is 38.8 Å². The van der Waals surface area contributed by atoms with Crippen molar-refractivity contribution in [3.8, 4) is 6.07 Å². The smallest absolute Gasteiger partial charge is 0.0672 e. The molecule has 2 rings (SSSR count). The Morgan fingerprint density at radius 2 is 2.21 bits per heavy atom. The Balaban J connectivity index is 2.05. The average Bonchev–Trinajstić information content (AvgIpc) is 2.38. The summed E-state index contributed by atoms with van der Waals surface area (Å²) in [5.41, 5.74) is 1.30. The molecule has 0 amide bonds. The van der Waals surface area contributed by atoms with Crippen LogP contribution in [0.2, 0.25) is 0 Å². The maximum absolute atomic E-state index is 9.32. The quantitative estimate of drug-likeness (QED) is 0.834. The Bertz CT molecular complexity index is 466. The minimum Gasteiger partial charge on any atom is -0.298 e. The van der Waals surface area contributed by atoms with Crippen LogP contribution in [0.25, 0.3) is 0 Å². The molecule has 1 fully saturated rings. The highest BCUT2D eigenvalue weighted by molar-refractivity contribution is 9.10. The molecule has 0 radical (unpaired) electrons. The third-order valence-electron chi connectivity index (χ3n) is 4.13. The second kappa shape index (κ2) is 6.54. The molecule has 0 spiro atoms. The van der Waals surface area contributed by atoms with Gasteiger partial charge in [0, 0.05) is 17.1 Å². The van der Waals surface area contributed by atoms with Gasteiger partial charge in [0.2, 0.25) is 0 Å². The van der Waals surface area contributed by atoms with Gasteiger partial charge in [-0.15, -0.1) is 0 Å². The molecule has 3 unspecified atom stereocenters. The van der Waals surface area contributed by atoms with Crippen molar-refractivity contribution in [1.29, 1.82) is 5.26 Å². The van der Waals surface area contributed by atoms with Crippen LogP contribution in [-0.4, -0.2) is 18.0 Å². The van der Waals surface area contributed by atoms with Gasteiger partial charge in [-0.1, -0.05) is 35.0 Å². The van der Waals surface area contributed by atoms with Crippen LogP contribution in [0.15, 0.2) is 28.7 Å². The van der Waals surface area contributed by atoms with Crippen LogP contribution in [0.3, 0.4) is 0 Å². The second-order valence-electron chi connectivity index (χ2n) is 5.77. The summed E-state index contributed by atoms with van der Waals surface area (Å²) in [7, 11) is 2.15. The molecule has 0 bridgehead atoms. The first-order valence-corrected chi connectivity index (χ1v) is 7.73. The standard InChI is InChI=1S/C16H21BrN2/c1-12-6-7-14(10-18)16(8-12)19(2)11-13-4-3-5-15(17)9-13/h3-5,9,12,14,16H,6-8,11H2,1-2H3. The molecule has 1 aliphatic rings. The van der Waals surface area contributed by atoms with Gasteiger partial charge in [-0.3, -0.25) is 4.90 Å². The van der Waals surface area contributed by atoms with E-state index < -0.39 is 0 Å². The highest BCUT2D eigenvalue weighted by Crippen LogP contribution is 2.32. The van der Waals surface area contributed by atoms with Crippen LogP contribution in [0, 0.1) is 23.2 Å². The maximum Gasteiger partial charge on any atom is 0.0672 e. The number of hydrogen-bond donors (Lipinski definition) is 0. The van der Waals surface area contributed by atoms with E-state index in [1.54, 1.807) is 0 Å². The van der Waals surface area contributed by atoms with Crippen molar-refractivity contribution in [1.82, 2.24) is 4.90 Å². The van der Waals surface area contributed by atoms with Gasteiger partial charge in [-0.2, -0.15) is 5.26 Å². The number of halogens is 1. The molecule has 1 aromatic rings. The van der Waals surface area contributed by atoms with E-state index in [-0.39, 0.29) is 5.92 Å². The Kier molecular flexibility index (Phi) is 5.01. The first-order chi connectivity index (χ1) is 9.10. The molecule has 1 aliphatic carbocycles. The summed E-state index contributed by atoms with van der Waals surface area (Å²) in [6, 6.07) is 11.3. The summed E-state index contributed by atoms with van der Waals surface area (Å²) in [5, 5.41) is 9.32. The van der Waals surface area contributed by atoms with Gasteiger partial charge >= 0.3 is 0 Å². The molecule has 0 aliphatic heterocycles. The van der Waals surface area contributed by atoms with Gasteiger partial charge in [0.1, 0.15) is 0 Å². The third-order valence-corrected chi connectivity index (χ3v) is 4.63. The molecular weight excluding hydrogens is 300 g/mol. The van der Waals surface area contributed by atoms with E-state index in [1.807, 2.05) is 6.07 Å². The molecule has 102 valence electrons. The number of benzene rings is 1. The highest BCUT2D eigenvalue weighted by Gasteiger charge is 2.31. The van der Waals surface area contributed by atoms with Gasteiger partial charge in [0.05, 0.1) is 12.0 Å². The zero-order chi connectivity index (χ0) is 13.8. The topological polar surface area (TPSA) is 27.0 Å². The highest BCUT2D eigenvalue weighted by atomic mass is 79.9. The lowest BCUT2D eigenvalue weighted by molar-refractivity contribution is 0.125. The average molecular weight is 321 g/mol. The fourth-order valence-electron chi connectivity index (χ4n) is 3.03. The fourth-order valence-corrected chi connectivity index (χ4v) is 3.48. The van der Waals surface area contributed by atoms with E-state index in [1.165, 1.54) is 12.0 Å². The van der Waals surface area contributed by atoms with E-state index in [0.29, 0.717) is 6.04 Å². The van der Waals surface area contributed by atoms with Crippen LogP contribution in [0.5, 0.6) is 0 Å². The SMILES string of the molecule is CC1CCC(C#N)C(N(C)Cc2cccc(Br)c2)C1. The molecule has 0 N–H and O–H groups in total. The van der Waals surface area contributed by atoms with Gasteiger partial charge in [0.25, 0.3) is 0 Å². The van der Waals surface area contributed by atoms with Crippen LogP contribution >= 0.6 is 15.9 Å². The minimum atomic E-state index is 0.188. The van der Waals surface area contributed by atoms with Crippen LogP contribution < -0.4 is 0 Å². The molecule has 0 saturated heterocycles. The number of nitriles is 1. The van der Waals surface area contributed by atoms with Crippen molar-refractivity contribution in [2.75, 3.05) is 7.05 Å². The Hall–Kier alpha value is -0.850. The Morgan fingerprint density at radius 1 is 1.42 bits per heavy atom. The summed E-state index contributed by atoms with van der Waals surface area (Å²) in [5.74, 6) is 0.924. The summed E-state index contributed by atoms with van der Waals surface area (Å²) < 4.78 is 1.12. The van der Waals surface area contributed by atoms with Gasteiger partial charge in [-0.25, -0.2) is 0 Å². The van der Waals surface area contributed by atoms with E-state index >= 15 is 0 Å². The lowest BCUT2D eigenvalue weighted by Crippen LogP contribution is -2.41. The van der Waals surface area contributed by atoms with Crippen molar-refractivity contribution < 1.29 is 0 Å². The monoisotopic (exact) mass is 320 g/mol. The first kappa shape index (κ1) is 14.6. The largest absolute Gasteiger partial charge is 0.298 e. The summed E-state index contributed by atoms with van der Waals surface area (Å²) >= 11 is 3.51. The first-order valence-electron chi connectivity index (χ1n) is 6.94. The lowest BCUT2D eigenvalue weighted by Gasteiger charge is -2.37. The van der Waals surface area contributed by atoms with Gasteiger partial charge in [-0.05, 0) is 49.9 Å². The van der Waals surface area contributed by atoms with E-state index in [9.17, 15) is 5.26 Å². The number of hydrogen-bond acceptors (Lipinski definition) is 2. The van der Waals surface area contributed by atoms with Crippen LogP contribution in [-0.2, 0) is 6.54 Å². The molecule has 1 saturated carbocycles. The molecule has 2 nitrogen and oxygen atoms in total. The molecule has 0 aromatic heterocycles. The minimum absolute atomic E-state index is 0.188. The van der Waals surface area contributed by atoms with E-state index in [0.717, 1.165) is 29.8 Å². The zero-order valence-electron chi connectivity index (χ0n) is 11.6. The van der Waals surface area contributed by atoms with Crippen molar-refractivity contribution in [3.63, 3.8) is 0 Å². The van der Waals surface area contributed by atoms with E-state index in [4.69, 9.17) is 0 Å². The van der Waals surface area contributed by atoms with Gasteiger partial charge in [0.15, 0.2) is 0 Å². The predicted octanol–water partition coefficient (Wildman–Crippen LogP) is 4.21. The number of rotatable bonds is 3. The predicted molar refractivity (Wildman–Crippen MR) is 81.5 cm³/mol. The maximum atomic E-state index is 9.32. The Labute approximate surface area is 124 Å². The molecule has 3 atom stereocenters. The fraction of sp³-hybridized carbons (Fsp3) is 0.562. The van der Waals surface area contributed by atoms with Crippen LogP contribution in [0.4, 0.5) is 0 Å². The molecule has 3 heteroatoms. The third kappa shape index (κ3) is 3.81.